The van der Waals surface area contributed by atoms with Crippen LogP contribution in [0.25, 0.3) is 0 Å². The second kappa shape index (κ2) is 6.40. The summed E-state index contributed by atoms with van der Waals surface area (Å²) in [5.74, 6) is 0. The lowest BCUT2D eigenvalue weighted by Gasteiger charge is -2.31. The van der Waals surface area contributed by atoms with Gasteiger partial charge in [0.1, 0.15) is 0 Å². The highest BCUT2D eigenvalue weighted by atomic mass is 16.5. The van der Waals surface area contributed by atoms with Gasteiger partial charge in [-0.25, -0.2) is 0 Å². The maximum atomic E-state index is 5.47. The van der Waals surface area contributed by atoms with Crippen LogP contribution in [-0.2, 0) is 9.47 Å². The first-order chi connectivity index (χ1) is 5.68. The second-order valence-electron chi connectivity index (χ2n) is 3.28. The van der Waals surface area contributed by atoms with Gasteiger partial charge in [-0.2, -0.15) is 0 Å². The van der Waals surface area contributed by atoms with Crippen molar-refractivity contribution in [1.82, 2.24) is 0 Å². The van der Waals surface area contributed by atoms with Crippen molar-refractivity contribution in [1.29, 1.82) is 0 Å². The summed E-state index contributed by atoms with van der Waals surface area (Å²) in [6.45, 7) is 8.77. The van der Waals surface area contributed by atoms with Crippen molar-refractivity contribution < 1.29 is 14.0 Å². The van der Waals surface area contributed by atoms with Crippen LogP contribution in [-0.4, -0.2) is 51.7 Å². The molecule has 0 unspecified atom stereocenters. The molecule has 0 rings (SSSR count). The van der Waals surface area contributed by atoms with Crippen molar-refractivity contribution in [2.75, 3.05) is 47.2 Å². The van der Waals surface area contributed by atoms with Crippen molar-refractivity contribution in [2.45, 2.75) is 13.8 Å². The van der Waals surface area contributed by atoms with Crippen molar-refractivity contribution in [3.8, 4) is 0 Å². The summed E-state index contributed by atoms with van der Waals surface area (Å²) >= 11 is 0. The lowest BCUT2D eigenvalue weighted by molar-refractivity contribution is -0.924. The average Bonchev–Trinajstić information content (AvgIpc) is 2.12. The molecule has 0 aliphatic carbocycles. The molecule has 0 spiro atoms. The fraction of sp³-hybridized carbons (Fsp3) is 1.00. The maximum absolute atomic E-state index is 5.47. The number of ether oxygens (including phenoxy) is 2. The normalized spacial score (nSPS) is 12.0. The number of rotatable bonds is 7. The predicted molar refractivity (Wildman–Crippen MR) is 50.0 cm³/mol. The minimum absolute atomic E-state index is 0.688. The van der Waals surface area contributed by atoms with E-state index in [4.69, 9.17) is 9.47 Å². The third-order valence-corrected chi connectivity index (χ3v) is 2.36. The standard InChI is InChI=1S/C9H22NO2/c1-5-10(3,6-2)9-12-8-7-11-4/h5-9H2,1-4H3/q+1. The van der Waals surface area contributed by atoms with E-state index in [1.807, 2.05) is 0 Å². The van der Waals surface area contributed by atoms with Crippen LogP contribution in [0.1, 0.15) is 13.8 Å². The zero-order valence-corrected chi connectivity index (χ0v) is 8.80. The summed E-state index contributed by atoms with van der Waals surface area (Å²) in [5.41, 5.74) is 0. The van der Waals surface area contributed by atoms with Crippen LogP contribution in [0.2, 0.25) is 0 Å². The molecule has 0 aliphatic rings. The highest BCUT2D eigenvalue weighted by Gasteiger charge is 2.15. The summed E-state index contributed by atoms with van der Waals surface area (Å²) < 4.78 is 11.3. The van der Waals surface area contributed by atoms with E-state index in [9.17, 15) is 0 Å². The Bertz CT molecular complexity index is 103. The van der Waals surface area contributed by atoms with Gasteiger partial charge in [-0.05, 0) is 13.8 Å². The highest BCUT2D eigenvalue weighted by molar-refractivity contribution is 4.26. The molecule has 0 saturated carbocycles. The summed E-state index contributed by atoms with van der Waals surface area (Å²) in [7, 11) is 3.89. The fourth-order valence-electron chi connectivity index (χ4n) is 0.833. The molecule has 74 valence electrons. The number of quaternary nitrogens is 1. The van der Waals surface area contributed by atoms with E-state index in [-0.39, 0.29) is 0 Å². The lowest BCUT2D eigenvalue weighted by atomic mass is 10.4. The molecule has 0 aromatic carbocycles. The Hall–Kier alpha value is -0.120. The van der Waals surface area contributed by atoms with Crippen molar-refractivity contribution >= 4 is 0 Å². The van der Waals surface area contributed by atoms with E-state index in [0.717, 1.165) is 24.3 Å². The molecule has 0 aliphatic heterocycles. The Morgan fingerprint density at radius 3 is 2.08 bits per heavy atom. The molecular weight excluding hydrogens is 154 g/mol. The Labute approximate surface area is 75.9 Å². The lowest BCUT2D eigenvalue weighted by Crippen LogP contribution is -2.45. The van der Waals surface area contributed by atoms with Gasteiger partial charge in [0.2, 0.25) is 0 Å². The van der Waals surface area contributed by atoms with Gasteiger partial charge >= 0.3 is 0 Å². The minimum Gasteiger partial charge on any atom is -0.382 e. The van der Waals surface area contributed by atoms with Gasteiger partial charge in [0.15, 0.2) is 6.73 Å². The van der Waals surface area contributed by atoms with Gasteiger partial charge in [-0.15, -0.1) is 0 Å². The predicted octanol–water partition coefficient (Wildman–Crippen LogP) is 1.09. The Morgan fingerprint density at radius 1 is 1.08 bits per heavy atom. The van der Waals surface area contributed by atoms with Gasteiger partial charge < -0.3 is 14.0 Å². The molecule has 0 radical (unpaired) electrons. The molecular formula is C9H22NO2+. The molecule has 0 saturated heterocycles. The smallest absolute Gasteiger partial charge is 0.183 e. The first kappa shape index (κ1) is 11.9. The van der Waals surface area contributed by atoms with Gasteiger partial charge in [-0.3, -0.25) is 0 Å². The second-order valence-corrected chi connectivity index (χ2v) is 3.28. The number of methoxy groups -OCH3 is 1. The fourth-order valence-corrected chi connectivity index (χ4v) is 0.833. The van der Waals surface area contributed by atoms with Crippen molar-refractivity contribution in [3.63, 3.8) is 0 Å². The van der Waals surface area contributed by atoms with Gasteiger partial charge in [0.25, 0.3) is 0 Å². The van der Waals surface area contributed by atoms with Crippen LogP contribution in [0.5, 0.6) is 0 Å². The van der Waals surface area contributed by atoms with Gasteiger partial charge in [0, 0.05) is 7.11 Å². The molecule has 0 heterocycles. The molecule has 0 fully saturated rings. The molecule has 0 aromatic rings. The molecule has 0 aromatic heterocycles. The quantitative estimate of drug-likeness (QED) is 0.328. The zero-order chi connectivity index (χ0) is 9.45. The molecule has 3 heteroatoms. The molecule has 0 atom stereocenters. The van der Waals surface area contributed by atoms with E-state index in [1.54, 1.807) is 7.11 Å². The summed E-state index contributed by atoms with van der Waals surface area (Å²) in [5, 5.41) is 0. The number of hydrogen-bond donors (Lipinski definition) is 0. The topological polar surface area (TPSA) is 18.5 Å². The molecule has 0 bridgehead atoms. The highest BCUT2D eigenvalue weighted by Crippen LogP contribution is 2.00. The number of hydrogen-bond acceptors (Lipinski definition) is 2. The summed E-state index contributed by atoms with van der Waals surface area (Å²) in [4.78, 5) is 0. The average molecular weight is 176 g/mol. The van der Waals surface area contributed by atoms with Crippen LogP contribution >= 0.6 is 0 Å². The van der Waals surface area contributed by atoms with Crippen LogP contribution in [0.3, 0.4) is 0 Å². The zero-order valence-electron chi connectivity index (χ0n) is 8.80. The molecule has 3 nitrogen and oxygen atoms in total. The van der Waals surface area contributed by atoms with Crippen LogP contribution < -0.4 is 0 Å². The monoisotopic (exact) mass is 176 g/mol. The summed E-state index contributed by atoms with van der Waals surface area (Å²) in [6, 6.07) is 0. The largest absolute Gasteiger partial charge is 0.382 e. The Kier molecular flexibility index (Phi) is 6.34. The molecule has 12 heavy (non-hydrogen) atoms. The van der Waals surface area contributed by atoms with Crippen molar-refractivity contribution in [3.05, 3.63) is 0 Å². The van der Waals surface area contributed by atoms with E-state index < -0.39 is 0 Å². The van der Waals surface area contributed by atoms with E-state index in [2.05, 4.69) is 20.9 Å². The van der Waals surface area contributed by atoms with Crippen LogP contribution in [0.4, 0.5) is 0 Å². The maximum Gasteiger partial charge on any atom is 0.183 e. The van der Waals surface area contributed by atoms with Gasteiger partial charge in [-0.1, -0.05) is 0 Å². The molecule has 0 amide bonds. The summed E-state index contributed by atoms with van der Waals surface area (Å²) in [6.07, 6.45) is 0. The third kappa shape index (κ3) is 4.70. The minimum atomic E-state index is 0.688. The van der Waals surface area contributed by atoms with Crippen molar-refractivity contribution in [2.24, 2.45) is 0 Å². The van der Waals surface area contributed by atoms with Crippen LogP contribution in [0, 0.1) is 0 Å². The van der Waals surface area contributed by atoms with Crippen LogP contribution in [0.15, 0.2) is 0 Å². The van der Waals surface area contributed by atoms with Gasteiger partial charge in [0.05, 0.1) is 33.4 Å². The first-order valence-electron chi connectivity index (χ1n) is 4.58. The molecule has 0 N–H and O–H groups in total. The first-order valence-corrected chi connectivity index (χ1v) is 4.58. The Morgan fingerprint density at radius 2 is 1.67 bits per heavy atom. The number of nitrogens with zero attached hydrogens (tertiary/aromatic N) is 1. The van der Waals surface area contributed by atoms with E-state index in [0.29, 0.717) is 13.2 Å². The SMILES string of the molecule is CC[N+](C)(CC)COCCOC. The van der Waals surface area contributed by atoms with E-state index in [1.165, 1.54) is 0 Å². The third-order valence-electron chi connectivity index (χ3n) is 2.36. The van der Waals surface area contributed by atoms with E-state index >= 15 is 0 Å². The Balaban J connectivity index is 3.45.